The van der Waals surface area contributed by atoms with Crippen LogP contribution in [0.25, 0.3) is 0 Å². The van der Waals surface area contributed by atoms with E-state index >= 15 is 0 Å². The maximum absolute atomic E-state index is 12.1. The number of sulfone groups is 1. The molecule has 1 atom stereocenters. The van der Waals surface area contributed by atoms with Crippen LogP contribution in [0.5, 0.6) is 0 Å². The van der Waals surface area contributed by atoms with Crippen LogP contribution in [-0.2, 0) is 9.84 Å². The quantitative estimate of drug-likeness (QED) is 0.728. The monoisotopic (exact) mass is 456 g/mol. The van der Waals surface area contributed by atoms with Gasteiger partial charge < -0.3 is 10.0 Å². The lowest BCUT2D eigenvalue weighted by atomic mass is 9.70. The summed E-state index contributed by atoms with van der Waals surface area (Å²) in [4.78, 5) is 5.06. The van der Waals surface area contributed by atoms with Gasteiger partial charge in [-0.2, -0.15) is 0 Å². The zero-order chi connectivity index (χ0) is 23.0. The fourth-order valence-electron chi connectivity index (χ4n) is 5.07. The molecule has 1 N–H and O–H groups in total. The lowest BCUT2D eigenvalue weighted by molar-refractivity contribution is -0.0590. The molecule has 5 nitrogen and oxygen atoms in total. The third-order valence-electron chi connectivity index (χ3n) is 7.32. The van der Waals surface area contributed by atoms with Gasteiger partial charge >= 0.3 is 0 Å². The summed E-state index contributed by atoms with van der Waals surface area (Å²) >= 11 is 0. The molecule has 2 fully saturated rings. The van der Waals surface area contributed by atoms with E-state index in [0.29, 0.717) is 16.9 Å². The number of anilines is 1. The molecule has 1 heterocycles. The minimum Gasteiger partial charge on any atom is -0.389 e. The molecule has 0 radical (unpaired) electrons. The van der Waals surface area contributed by atoms with Gasteiger partial charge in [-0.3, -0.25) is 4.90 Å². The summed E-state index contributed by atoms with van der Waals surface area (Å²) in [5.74, 6) is 0. The first-order valence-corrected chi connectivity index (χ1v) is 13.5. The number of β-amino-alcohol motifs (C(OH)–C–C–N with tert-alkyl or cyclic N) is 1. The van der Waals surface area contributed by atoms with Crippen molar-refractivity contribution in [3.8, 4) is 0 Å². The van der Waals surface area contributed by atoms with Crippen LogP contribution < -0.4 is 4.90 Å². The number of aliphatic hydroxyl groups is 1. The predicted octanol–water partition coefficient (Wildman–Crippen LogP) is 4.28. The van der Waals surface area contributed by atoms with Gasteiger partial charge in [0.1, 0.15) is 0 Å². The van der Waals surface area contributed by atoms with Gasteiger partial charge in [0.05, 0.1) is 16.5 Å². The van der Waals surface area contributed by atoms with E-state index in [1.54, 1.807) is 12.1 Å². The smallest absolute Gasteiger partial charge is 0.175 e. The Morgan fingerprint density at radius 2 is 1.66 bits per heavy atom. The summed E-state index contributed by atoms with van der Waals surface area (Å²) in [6, 6.07) is 17.9. The molecule has 0 spiro atoms. The number of hydrogen-bond donors (Lipinski definition) is 1. The van der Waals surface area contributed by atoms with Crippen molar-refractivity contribution in [1.82, 2.24) is 4.90 Å². The lowest BCUT2D eigenvalue weighted by Gasteiger charge is -2.48. The van der Waals surface area contributed by atoms with Crippen molar-refractivity contribution in [3.63, 3.8) is 0 Å². The van der Waals surface area contributed by atoms with Crippen LogP contribution >= 0.6 is 0 Å². The Kier molecular flexibility index (Phi) is 6.40. The van der Waals surface area contributed by atoms with Crippen molar-refractivity contribution < 1.29 is 13.5 Å². The normalized spacial score (nSPS) is 23.8. The molecule has 6 heteroatoms. The minimum atomic E-state index is -3.25. The van der Waals surface area contributed by atoms with Crippen molar-refractivity contribution >= 4 is 15.5 Å². The lowest BCUT2D eigenvalue weighted by Crippen LogP contribution is -2.54. The second kappa shape index (κ2) is 8.81. The summed E-state index contributed by atoms with van der Waals surface area (Å²) in [5, 5.41) is 11.4. The number of benzene rings is 2. The van der Waals surface area contributed by atoms with Crippen molar-refractivity contribution in [2.45, 2.75) is 56.1 Å². The van der Waals surface area contributed by atoms with Gasteiger partial charge in [0, 0.05) is 38.1 Å². The number of hydrogen-bond acceptors (Lipinski definition) is 5. The Labute approximate surface area is 193 Å². The van der Waals surface area contributed by atoms with Crippen molar-refractivity contribution in [2.75, 3.05) is 37.3 Å². The van der Waals surface area contributed by atoms with Crippen LogP contribution in [0, 0.1) is 5.41 Å². The molecule has 4 rings (SSSR count). The molecule has 174 valence electrons. The fraction of sp³-hybridized carbons (Fsp3) is 0.538. The van der Waals surface area contributed by atoms with E-state index in [0.717, 1.165) is 51.0 Å². The third-order valence-corrected chi connectivity index (χ3v) is 8.43. The van der Waals surface area contributed by atoms with E-state index in [2.05, 4.69) is 47.9 Å². The van der Waals surface area contributed by atoms with Gasteiger partial charge in [-0.25, -0.2) is 8.42 Å². The highest BCUT2D eigenvalue weighted by atomic mass is 32.2. The van der Waals surface area contributed by atoms with Crippen molar-refractivity contribution in [2.24, 2.45) is 5.41 Å². The molecule has 1 aliphatic heterocycles. The van der Waals surface area contributed by atoms with Gasteiger partial charge in [-0.1, -0.05) is 50.2 Å². The van der Waals surface area contributed by atoms with Gasteiger partial charge in [-0.05, 0) is 54.9 Å². The first kappa shape index (κ1) is 23.3. The Bertz CT molecular complexity index is 1030. The van der Waals surface area contributed by atoms with Crippen LogP contribution in [0.3, 0.4) is 0 Å². The van der Waals surface area contributed by atoms with E-state index in [4.69, 9.17) is 0 Å². The average Bonchev–Trinajstić information content (AvgIpc) is 2.77. The van der Waals surface area contributed by atoms with Gasteiger partial charge in [0.25, 0.3) is 0 Å². The molecule has 1 saturated carbocycles. The number of nitrogens with zero attached hydrogens (tertiary/aromatic N) is 2. The molecule has 0 unspecified atom stereocenters. The highest BCUT2D eigenvalue weighted by molar-refractivity contribution is 7.90. The first-order valence-electron chi connectivity index (χ1n) is 11.6. The molecular weight excluding hydrogens is 420 g/mol. The zero-order valence-electron chi connectivity index (χ0n) is 19.5. The third kappa shape index (κ3) is 5.36. The van der Waals surface area contributed by atoms with Crippen LogP contribution in [0.15, 0.2) is 59.5 Å². The second-order valence-corrected chi connectivity index (χ2v) is 12.5. The molecule has 0 aromatic heterocycles. The second-order valence-electron chi connectivity index (χ2n) is 10.5. The summed E-state index contributed by atoms with van der Waals surface area (Å²) in [5.41, 5.74) is 1.85. The standard InChI is InChI=1S/C26H36N2O3S/c1-25(2)12-14-26(29,15-13-25)20-28-17-16-27(19-24(28)21-8-5-4-6-9-21)22-10-7-11-23(18-22)32(3,30)31/h4-11,18,24,29H,12-17,19-20H2,1-3H3/t24-/m0/s1. The maximum Gasteiger partial charge on any atom is 0.175 e. The number of piperazine rings is 1. The molecule has 1 saturated heterocycles. The summed E-state index contributed by atoms with van der Waals surface area (Å²) in [6.45, 7) is 7.66. The van der Waals surface area contributed by atoms with Gasteiger partial charge in [0.15, 0.2) is 9.84 Å². The Morgan fingerprint density at radius 1 is 0.969 bits per heavy atom. The largest absolute Gasteiger partial charge is 0.389 e. The maximum atomic E-state index is 12.1. The van der Waals surface area contributed by atoms with E-state index in [1.807, 2.05) is 18.2 Å². The highest BCUT2D eigenvalue weighted by Crippen LogP contribution is 2.41. The van der Waals surface area contributed by atoms with E-state index in [9.17, 15) is 13.5 Å². The molecule has 2 aromatic rings. The summed E-state index contributed by atoms with van der Waals surface area (Å²) in [7, 11) is -3.25. The van der Waals surface area contributed by atoms with Crippen LogP contribution in [-0.4, -0.2) is 56.5 Å². The molecule has 32 heavy (non-hydrogen) atoms. The Morgan fingerprint density at radius 3 is 2.31 bits per heavy atom. The average molecular weight is 457 g/mol. The van der Waals surface area contributed by atoms with Gasteiger partial charge in [-0.15, -0.1) is 0 Å². The molecule has 2 aromatic carbocycles. The first-order chi connectivity index (χ1) is 15.0. The van der Waals surface area contributed by atoms with Gasteiger partial charge in [0.2, 0.25) is 0 Å². The van der Waals surface area contributed by atoms with Crippen LogP contribution in [0.4, 0.5) is 5.69 Å². The van der Waals surface area contributed by atoms with E-state index in [-0.39, 0.29) is 6.04 Å². The predicted molar refractivity (Wildman–Crippen MR) is 130 cm³/mol. The van der Waals surface area contributed by atoms with E-state index in [1.165, 1.54) is 11.8 Å². The summed E-state index contributed by atoms with van der Waals surface area (Å²) < 4.78 is 24.1. The Balaban J connectivity index is 1.57. The summed E-state index contributed by atoms with van der Waals surface area (Å²) in [6.07, 6.45) is 5.05. The van der Waals surface area contributed by atoms with Crippen LogP contribution in [0.2, 0.25) is 0 Å². The fourth-order valence-corrected chi connectivity index (χ4v) is 5.74. The zero-order valence-corrected chi connectivity index (χ0v) is 20.3. The number of rotatable bonds is 5. The Hall–Kier alpha value is -1.89. The van der Waals surface area contributed by atoms with E-state index < -0.39 is 15.4 Å². The minimum absolute atomic E-state index is 0.144. The van der Waals surface area contributed by atoms with Crippen LogP contribution in [0.1, 0.15) is 51.1 Å². The molecule has 1 aliphatic carbocycles. The van der Waals surface area contributed by atoms with Crippen molar-refractivity contribution in [3.05, 3.63) is 60.2 Å². The highest BCUT2D eigenvalue weighted by Gasteiger charge is 2.40. The topological polar surface area (TPSA) is 60.9 Å². The van der Waals surface area contributed by atoms with Crippen molar-refractivity contribution in [1.29, 1.82) is 0 Å². The SMILES string of the molecule is CC1(C)CCC(O)(CN2CCN(c3cccc(S(C)(=O)=O)c3)C[C@H]2c2ccccc2)CC1. The molecule has 0 bridgehead atoms. The molecule has 0 amide bonds. The molecule has 2 aliphatic rings. The molecular formula is C26H36N2O3S.